The van der Waals surface area contributed by atoms with Gasteiger partial charge < -0.3 is 9.47 Å². The number of carbonyl (C=O) groups is 2. The minimum Gasteiger partial charge on any atom is -0.481 e. The number of ketones is 1. The normalized spacial score (nSPS) is 17.1. The number of benzene rings is 1. The molecule has 1 aliphatic rings. The first-order chi connectivity index (χ1) is 14.2. The van der Waals surface area contributed by atoms with Gasteiger partial charge in [0.25, 0.3) is 5.91 Å². The van der Waals surface area contributed by atoms with Crippen LogP contribution in [0, 0.1) is 20.8 Å². The van der Waals surface area contributed by atoms with Crippen molar-refractivity contribution in [1.29, 1.82) is 0 Å². The predicted octanol–water partition coefficient (Wildman–Crippen LogP) is 4.90. The summed E-state index contributed by atoms with van der Waals surface area (Å²) in [5.41, 5.74) is 2.42. The lowest BCUT2D eigenvalue weighted by Crippen LogP contribution is -2.44. The highest BCUT2D eigenvalue weighted by molar-refractivity contribution is 7.17. The van der Waals surface area contributed by atoms with Crippen molar-refractivity contribution >= 4 is 39.8 Å². The van der Waals surface area contributed by atoms with Gasteiger partial charge >= 0.3 is 0 Å². The molecule has 3 rings (SSSR count). The Morgan fingerprint density at radius 2 is 2.00 bits per heavy atom. The number of rotatable bonds is 7. The van der Waals surface area contributed by atoms with Crippen LogP contribution in [-0.2, 0) is 9.53 Å². The van der Waals surface area contributed by atoms with Crippen molar-refractivity contribution < 1.29 is 19.1 Å². The van der Waals surface area contributed by atoms with Crippen molar-refractivity contribution in [2.24, 2.45) is 0 Å². The molecule has 1 aliphatic heterocycles. The lowest BCUT2D eigenvalue weighted by molar-refractivity contribution is -0.125. The molecule has 1 amide bonds. The molecular weight excluding hydrogens is 424 g/mol. The quantitative estimate of drug-likeness (QED) is 0.561. The maximum absolute atomic E-state index is 13.4. The summed E-state index contributed by atoms with van der Waals surface area (Å²) >= 11 is 7.47. The third kappa shape index (κ3) is 5.02. The largest absolute Gasteiger partial charge is 0.481 e. The maximum Gasteiger partial charge on any atom is 0.269 e. The van der Waals surface area contributed by atoms with E-state index in [1.807, 2.05) is 26.0 Å². The first kappa shape index (κ1) is 22.7. The molecule has 0 aliphatic carbocycles. The predicted molar refractivity (Wildman–Crippen MR) is 119 cm³/mol. The van der Waals surface area contributed by atoms with Gasteiger partial charge in [0.15, 0.2) is 17.0 Å². The third-order valence-electron chi connectivity index (χ3n) is 5.08. The van der Waals surface area contributed by atoms with Crippen molar-refractivity contribution in [2.75, 3.05) is 18.1 Å². The Balaban J connectivity index is 1.85. The fraction of sp³-hybridized carbons (Fsp3) is 0.500. The lowest BCUT2D eigenvalue weighted by atomic mass is 10.1. The van der Waals surface area contributed by atoms with Gasteiger partial charge in [-0.2, -0.15) is 0 Å². The first-order valence-electron chi connectivity index (χ1n) is 10.0. The van der Waals surface area contributed by atoms with Gasteiger partial charge in [-0.3, -0.25) is 14.5 Å². The monoisotopic (exact) mass is 450 g/mol. The van der Waals surface area contributed by atoms with Gasteiger partial charge in [-0.05, 0) is 63.8 Å². The topological polar surface area (TPSA) is 68.7 Å². The van der Waals surface area contributed by atoms with Crippen LogP contribution in [0.3, 0.4) is 0 Å². The highest BCUT2D eigenvalue weighted by atomic mass is 35.5. The van der Waals surface area contributed by atoms with E-state index < -0.39 is 6.10 Å². The summed E-state index contributed by atoms with van der Waals surface area (Å²) in [6, 6.07) is 3.65. The van der Waals surface area contributed by atoms with Gasteiger partial charge in [0, 0.05) is 18.6 Å². The van der Waals surface area contributed by atoms with Crippen molar-refractivity contribution in [3.63, 3.8) is 0 Å². The van der Waals surface area contributed by atoms with E-state index >= 15 is 0 Å². The second-order valence-electron chi connectivity index (χ2n) is 7.68. The van der Waals surface area contributed by atoms with Crippen LogP contribution in [0.5, 0.6) is 5.75 Å². The molecule has 2 heterocycles. The number of hydrogen-bond acceptors (Lipinski definition) is 6. The van der Waals surface area contributed by atoms with Crippen LogP contribution in [0.25, 0.3) is 0 Å². The zero-order valence-corrected chi connectivity index (χ0v) is 19.5. The molecule has 0 radical (unpaired) electrons. The van der Waals surface area contributed by atoms with E-state index in [9.17, 15) is 9.59 Å². The molecule has 1 aromatic heterocycles. The van der Waals surface area contributed by atoms with Crippen molar-refractivity contribution in [1.82, 2.24) is 4.98 Å². The van der Waals surface area contributed by atoms with Crippen LogP contribution >= 0.6 is 22.9 Å². The molecule has 0 bridgehead atoms. The molecule has 0 unspecified atom stereocenters. The Labute approximate surface area is 186 Å². The molecule has 6 nitrogen and oxygen atoms in total. The highest BCUT2D eigenvalue weighted by Gasteiger charge is 2.31. The third-order valence-corrected chi connectivity index (χ3v) is 6.96. The molecule has 1 aromatic carbocycles. The van der Waals surface area contributed by atoms with E-state index in [-0.39, 0.29) is 17.8 Å². The Bertz CT molecular complexity index is 930. The van der Waals surface area contributed by atoms with Crippen LogP contribution in [0.15, 0.2) is 12.1 Å². The Morgan fingerprint density at radius 3 is 2.53 bits per heavy atom. The zero-order valence-electron chi connectivity index (χ0n) is 18.0. The number of thiazole rings is 1. The summed E-state index contributed by atoms with van der Waals surface area (Å²) in [6.45, 7) is 9.89. The fourth-order valence-corrected chi connectivity index (χ4v) is 4.61. The number of anilines is 1. The molecule has 2 aromatic rings. The maximum atomic E-state index is 13.4. The SMILES string of the molecule is CC(=O)c1sc(N(C[C@H]2CCCO2)C(=O)[C@H](C)Oc2cc(C)c(Cl)c(C)c2)nc1C. The molecule has 0 saturated carbocycles. The molecule has 162 valence electrons. The second-order valence-corrected chi connectivity index (χ2v) is 9.04. The van der Waals surface area contributed by atoms with Crippen LogP contribution in [0.4, 0.5) is 5.13 Å². The van der Waals surface area contributed by atoms with E-state index in [1.54, 1.807) is 18.7 Å². The van der Waals surface area contributed by atoms with Crippen molar-refractivity contribution in [2.45, 2.75) is 59.7 Å². The number of ether oxygens (including phenoxy) is 2. The minimum absolute atomic E-state index is 0.0499. The number of nitrogens with zero attached hydrogens (tertiary/aromatic N) is 2. The standard InChI is InChI=1S/C22H27ClN2O4S/c1-12-9-18(10-13(2)19(12)23)29-16(5)21(27)25(11-17-7-6-8-28-17)22-24-14(3)20(30-22)15(4)26/h9-10,16-17H,6-8,11H2,1-5H3/t16-,17+/m0/s1. The van der Waals surface area contributed by atoms with Crippen LogP contribution in [0.2, 0.25) is 5.02 Å². The van der Waals surface area contributed by atoms with E-state index in [0.717, 1.165) is 24.0 Å². The first-order valence-corrected chi connectivity index (χ1v) is 11.2. The Morgan fingerprint density at radius 1 is 1.33 bits per heavy atom. The molecule has 0 spiro atoms. The number of Topliss-reactive ketones (excluding diaryl/α,β-unsaturated/α-hetero) is 1. The summed E-state index contributed by atoms with van der Waals surface area (Å²) in [5.74, 6) is 0.309. The van der Waals surface area contributed by atoms with Crippen molar-refractivity contribution in [3.05, 3.63) is 38.9 Å². The Hall–Kier alpha value is -1.96. The molecular formula is C22H27ClN2O4S. The van der Waals surface area contributed by atoms with E-state index in [0.29, 0.717) is 39.6 Å². The summed E-state index contributed by atoms with van der Waals surface area (Å²) in [4.78, 5) is 31.9. The minimum atomic E-state index is -0.739. The van der Waals surface area contributed by atoms with Gasteiger partial charge in [0.2, 0.25) is 0 Å². The number of hydrogen-bond donors (Lipinski definition) is 0. The summed E-state index contributed by atoms with van der Waals surface area (Å²) in [5, 5.41) is 1.19. The van der Waals surface area contributed by atoms with Gasteiger partial charge in [-0.25, -0.2) is 4.98 Å². The van der Waals surface area contributed by atoms with Gasteiger partial charge in [0.05, 0.1) is 23.2 Å². The number of carbonyl (C=O) groups excluding carboxylic acids is 2. The number of aromatic nitrogens is 1. The van der Waals surface area contributed by atoms with Crippen molar-refractivity contribution in [3.8, 4) is 5.75 Å². The van der Waals surface area contributed by atoms with E-state index in [2.05, 4.69) is 4.98 Å². The zero-order chi connectivity index (χ0) is 22.0. The van der Waals surface area contributed by atoms with E-state index in [4.69, 9.17) is 21.1 Å². The van der Waals surface area contributed by atoms with Gasteiger partial charge in [-0.1, -0.05) is 22.9 Å². The summed E-state index contributed by atoms with van der Waals surface area (Å²) < 4.78 is 11.7. The lowest BCUT2D eigenvalue weighted by Gasteiger charge is -2.26. The molecule has 1 fully saturated rings. The number of halogens is 1. The number of aryl methyl sites for hydroxylation is 3. The average Bonchev–Trinajstić information content (AvgIpc) is 3.32. The molecule has 30 heavy (non-hydrogen) atoms. The average molecular weight is 451 g/mol. The Kier molecular flexibility index (Phi) is 7.16. The molecule has 2 atom stereocenters. The van der Waals surface area contributed by atoms with E-state index in [1.165, 1.54) is 18.3 Å². The highest BCUT2D eigenvalue weighted by Crippen LogP contribution is 2.30. The fourth-order valence-electron chi connectivity index (χ4n) is 3.53. The number of amides is 1. The van der Waals surface area contributed by atoms with Gasteiger partial charge in [-0.15, -0.1) is 0 Å². The van der Waals surface area contributed by atoms with Crippen LogP contribution < -0.4 is 9.64 Å². The summed E-state index contributed by atoms with van der Waals surface area (Å²) in [6.07, 6.45) is 1.07. The second kappa shape index (κ2) is 9.45. The molecule has 1 saturated heterocycles. The molecule has 8 heteroatoms. The van der Waals surface area contributed by atoms with Gasteiger partial charge in [0.1, 0.15) is 5.75 Å². The van der Waals surface area contributed by atoms with Crippen LogP contribution in [-0.4, -0.2) is 42.0 Å². The smallest absolute Gasteiger partial charge is 0.269 e. The summed E-state index contributed by atoms with van der Waals surface area (Å²) in [7, 11) is 0. The van der Waals surface area contributed by atoms with Crippen LogP contribution in [0.1, 0.15) is 53.2 Å². The molecule has 0 N–H and O–H groups in total.